The van der Waals surface area contributed by atoms with E-state index in [1.54, 1.807) is 0 Å². The fraction of sp³-hybridized carbons (Fsp3) is 0.444. The highest BCUT2D eigenvalue weighted by atomic mass is 16.5. The first-order valence-electron chi connectivity index (χ1n) is 12.0. The number of hydrogen-bond acceptors (Lipinski definition) is 4. The number of benzene rings is 2. The van der Waals surface area contributed by atoms with Crippen molar-refractivity contribution < 1.29 is 24.2 Å². The van der Waals surface area contributed by atoms with Gasteiger partial charge in [-0.15, -0.1) is 0 Å². The van der Waals surface area contributed by atoms with Gasteiger partial charge in [-0.2, -0.15) is 0 Å². The second kappa shape index (κ2) is 10.3. The first-order chi connectivity index (χ1) is 16.3. The molecule has 0 aromatic heterocycles. The van der Waals surface area contributed by atoms with Gasteiger partial charge >= 0.3 is 12.1 Å². The van der Waals surface area contributed by atoms with E-state index in [4.69, 9.17) is 9.84 Å². The van der Waals surface area contributed by atoms with Crippen LogP contribution in [0.1, 0.15) is 56.6 Å². The first-order valence-corrected chi connectivity index (χ1v) is 12.0. The number of alkyl carbamates (subject to hydrolysis) is 1. The van der Waals surface area contributed by atoms with Crippen LogP contribution in [0.2, 0.25) is 0 Å². The van der Waals surface area contributed by atoms with Crippen LogP contribution in [0.3, 0.4) is 0 Å². The van der Waals surface area contributed by atoms with E-state index in [0.29, 0.717) is 12.3 Å². The van der Waals surface area contributed by atoms with Crippen molar-refractivity contribution in [1.82, 2.24) is 10.6 Å². The monoisotopic (exact) mass is 464 g/mol. The number of carbonyl (C=O) groups is 3. The van der Waals surface area contributed by atoms with Crippen LogP contribution in [0.5, 0.6) is 0 Å². The molecule has 1 fully saturated rings. The number of carbonyl (C=O) groups excluding carboxylic acids is 2. The SMILES string of the molecule is CC(C)C(CC(=O)O)NC(=O)[C@H](CC1CC1)NC(=O)OCC1c2ccccc2-c2ccccc21. The van der Waals surface area contributed by atoms with Gasteiger partial charge in [0.25, 0.3) is 0 Å². The lowest BCUT2D eigenvalue weighted by Gasteiger charge is -2.25. The van der Waals surface area contributed by atoms with Crippen LogP contribution in [0.25, 0.3) is 11.1 Å². The number of fused-ring (bicyclic) bond motifs is 3. The van der Waals surface area contributed by atoms with Crippen LogP contribution in [-0.4, -0.2) is 41.8 Å². The smallest absolute Gasteiger partial charge is 0.407 e. The van der Waals surface area contributed by atoms with E-state index < -0.39 is 24.1 Å². The lowest BCUT2D eigenvalue weighted by Crippen LogP contribution is -2.51. The van der Waals surface area contributed by atoms with Gasteiger partial charge in [0, 0.05) is 12.0 Å². The molecule has 1 saturated carbocycles. The molecule has 7 heteroatoms. The maximum atomic E-state index is 13.0. The van der Waals surface area contributed by atoms with Gasteiger partial charge in [-0.1, -0.05) is 75.2 Å². The zero-order valence-corrected chi connectivity index (χ0v) is 19.6. The molecule has 2 aliphatic rings. The number of carboxylic acid groups (broad SMARTS) is 1. The van der Waals surface area contributed by atoms with Crippen molar-refractivity contribution in [3.8, 4) is 11.1 Å². The van der Waals surface area contributed by atoms with E-state index in [9.17, 15) is 14.4 Å². The van der Waals surface area contributed by atoms with Crippen molar-refractivity contribution in [2.24, 2.45) is 11.8 Å². The average molecular weight is 465 g/mol. The Bertz CT molecular complexity index is 1020. The zero-order valence-electron chi connectivity index (χ0n) is 19.6. The van der Waals surface area contributed by atoms with Crippen LogP contribution in [0, 0.1) is 11.8 Å². The van der Waals surface area contributed by atoms with Gasteiger partial charge in [-0.05, 0) is 40.5 Å². The molecule has 2 aromatic carbocycles. The van der Waals surface area contributed by atoms with E-state index in [1.807, 2.05) is 38.1 Å². The van der Waals surface area contributed by atoms with Crippen LogP contribution < -0.4 is 10.6 Å². The van der Waals surface area contributed by atoms with Gasteiger partial charge in [0.2, 0.25) is 5.91 Å². The van der Waals surface area contributed by atoms with Gasteiger partial charge in [0.1, 0.15) is 12.6 Å². The Hall–Kier alpha value is -3.35. The number of rotatable bonds is 10. The summed E-state index contributed by atoms with van der Waals surface area (Å²) >= 11 is 0. The summed E-state index contributed by atoms with van der Waals surface area (Å²) in [6, 6.07) is 15.0. The van der Waals surface area contributed by atoms with Crippen molar-refractivity contribution in [3.63, 3.8) is 0 Å². The lowest BCUT2D eigenvalue weighted by molar-refractivity contribution is -0.138. The molecule has 180 valence electrons. The summed E-state index contributed by atoms with van der Waals surface area (Å²) in [5, 5.41) is 14.7. The van der Waals surface area contributed by atoms with E-state index in [2.05, 4.69) is 34.9 Å². The number of carboxylic acids is 1. The number of amides is 2. The van der Waals surface area contributed by atoms with Crippen LogP contribution in [-0.2, 0) is 14.3 Å². The Morgan fingerprint density at radius 3 is 2.09 bits per heavy atom. The standard InChI is InChI=1S/C27H32N2O5/c1-16(2)23(14-25(30)31)28-26(32)24(13-17-11-12-17)29-27(33)34-15-22-20-9-5-3-7-18(20)19-8-4-6-10-21(19)22/h3-10,16-17,22-24H,11-15H2,1-2H3,(H,28,32)(H,29,33)(H,30,31)/t23?,24-/m0/s1. The Kier molecular flexibility index (Phi) is 7.20. The molecule has 2 amide bonds. The molecule has 2 atom stereocenters. The van der Waals surface area contributed by atoms with Crippen molar-refractivity contribution in [2.45, 2.75) is 57.5 Å². The molecule has 0 aliphatic heterocycles. The van der Waals surface area contributed by atoms with E-state index >= 15 is 0 Å². The maximum Gasteiger partial charge on any atom is 0.407 e. The molecule has 3 N–H and O–H groups in total. The van der Waals surface area contributed by atoms with Gasteiger partial charge in [-0.25, -0.2) is 4.79 Å². The molecule has 0 radical (unpaired) electrons. The highest BCUT2D eigenvalue weighted by molar-refractivity contribution is 5.86. The van der Waals surface area contributed by atoms with Crippen LogP contribution in [0.15, 0.2) is 48.5 Å². The average Bonchev–Trinajstić information content (AvgIpc) is 3.57. The molecular weight excluding hydrogens is 432 g/mol. The van der Waals surface area contributed by atoms with Crippen molar-refractivity contribution in [1.29, 1.82) is 0 Å². The van der Waals surface area contributed by atoms with Gasteiger partial charge < -0.3 is 20.5 Å². The molecule has 0 saturated heterocycles. The largest absolute Gasteiger partial charge is 0.481 e. The summed E-state index contributed by atoms with van der Waals surface area (Å²) < 4.78 is 5.62. The molecule has 2 aliphatic carbocycles. The number of ether oxygens (including phenoxy) is 1. The second-order valence-electron chi connectivity index (χ2n) is 9.66. The van der Waals surface area contributed by atoms with Gasteiger partial charge in [0.05, 0.1) is 6.42 Å². The fourth-order valence-corrected chi connectivity index (χ4v) is 4.63. The number of hydrogen-bond donors (Lipinski definition) is 3. The maximum absolute atomic E-state index is 13.0. The number of nitrogens with one attached hydrogen (secondary N) is 2. The van der Waals surface area contributed by atoms with Crippen molar-refractivity contribution in [3.05, 3.63) is 59.7 Å². The topological polar surface area (TPSA) is 105 Å². The highest BCUT2D eigenvalue weighted by Crippen LogP contribution is 2.44. The molecule has 2 aromatic rings. The summed E-state index contributed by atoms with van der Waals surface area (Å²) in [7, 11) is 0. The van der Waals surface area contributed by atoms with Crippen LogP contribution >= 0.6 is 0 Å². The number of aliphatic carboxylic acids is 1. The van der Waals surface area contributed by atoms with Crippen molar-refractivity contribution >= 4 is 18.0 Å². The molecule has 0 heterocycles. The third-order valence-corrected chi connectivity index (χ3v) is 6.75. The summed E-state index contributed by atoms with van der Waals surface area (Å²) in [4.78, 5) is 36.9. The Morgan fingerprint density at radius 2 is 1.56 bits per heavy atom. The third-order valence-electron chi connectivity index (χ3n) is 6.75. The third kappa shape index (κ3) is 5.58. The van der Waals surface area contributed by atoms with Gasteiger partial charge in [-0.3, -0.25) is 9.59 Å². The predicted octanol–water partition coefficient (Wildman–Crippen LogP) is 4.31. The molecule has 34 heavy (non-hydrogen) atoms. The Balaban J connectivity index is 1.40. The normalized spacial score (nSPS) is 16.3. The minimum absolute atomic E-state index is 0.0453. The highest BCUT2D eigenvalue weighted by Gasteiger charge is 2.33. The summed E-state index contributed by atoms with van der Waals surface area (Å²) in [5.41, 5.74) is 4.54. The minimum Gasteiger partial charge on any atom is -0.481 e. The summed E-state index contributed by atoms with van der Waals surface area (Å²) in [6.45, 7) is 3.90. The molecule has 1 unspecified atom stereocenters. The van der Waals surface area contributed by atoms with Gasteiger partial charge in [0.15, 0.2) is 0 Å². The van der Waals surface area contributed by atoms with E-state index in [1.165, 1.54) is 0 Å². The molecular formula is C27H32N2O5. The minimum atomic E-state index is -0.970. The molecule has 0 bridgehead atoms. The van der Waals surface area contributed by atoms with E-state index in [0.717, 1.165) is 35.1 Å². The summed E-state index contributed by atoms with van der Waals surface area (Å²) in [6.07, 6.45) is 1.78. The zero-order chi connectivity index (χ0) is 24.2. The molecule has 4 rings (SSSR count). The Labute approximate surface area is 199 Å². The molecule has 0 spiro atoms. The predicted molar refractivity (Wildman–Crippen MR) is 128 cm³/mol. The summed E-state index contributed by atoms with van der Waals surface area (Å²) in [5.74, 6) is -1.05. The fourth-order valence-electron chi connectivity index (χ4n) is 4.63. The van der Waals surface area contributed by atoms with Crippen molar-refractivity contribution in [2.75, 3.05) is 6.61 Å². The first kappa shape index (κ1) is 23.8. The quantitative estimate of drug-likeness (QED) is 0.486. The lowest BCUT2D eigenvalue weighted by atomic mass is 9.98. The second-order valence-corrected chi connectivity index (χ2v) is 9.66. The Morgan fingerprint density at radius 1 is 0.971 bits per heavy atom. The van der Waals surface area contributed by atoms with Crippen LogP contribution in [0.4, 0.5) is 4.79 Å². The molecule has 7 nitrogen and oxygen atoms in total. The van der Waals surface area contributed by atoms with E-state index in [-0.39, 0.29) is 30.8 Å².